The van der Waals surface area contributed by atoms with Crippen LogP contribution in [0.2, 0.25) is 0 Å². The van der Waals surface area contributed by atoms with Gasteiger partial charge in [-0.15, -0.1) is 11.8 Å². The third kappa shape index (κ3) is 3.03. The van der Waals surface area contributed by atoms with Crippen molar-refractivity contribution in [2.45, 2.75) is 11.3 Å². The summed E-state index contributed by atoms with van der Waals surface area (Å²) in [6.45, 7) is 0.928. The second-order valence-electron chi connectivity index (χ2n) is 3.82. The molecule has 0 aliphatic carbocycles. The number of rotatable bonds is 5. The van der Waals surface area contributed by atoms with Crippen molar-refractivity contribution in [1.82, 2.24) is 9.78 Å². The molecular formula is C13H17N3S. The fraction of sp³-hybridized carbons (Fsp3) is 0.308. The Kier molecular flexibility index (Phi) is 4.09. The van der Waals surface area contributed by atoms with Crippen molar-refractivity contribution in [1.29, 1.82) is 0 Å². The van der Waals surface area contributed by atoms with Gasteiger partial charge in [-0.25, -0.2) is 0 Å². The standard InChI is InChI=1S/C13H17N3S/c1-16-11(8-10-15-16)7-9-14-12-5-3-4-6-13(12)17-2/h3-6,8,10,14H,7,9H2,1-2H3. The molecule has 4 heteroatoms. The van der Waals surface area contributed by atoms with Crippen molar-refractivity contribution >= 4 is 17.4 Å². The van der Waals surface area contributed by atoms with Crippen molar-refractivity contribution in [3.05, 3.63) is 42.2 Å². The Morgan fingerprint density at radius 1 is 1.29 bits per heavy atom. The van der Waals surface area contributed by atoms with Gasteiger partial charge in [0.05, 0.1) is 0 Å². The molecule has 1 heterocycles. The Morgan fingerprint density at radius 2 is 2.12 bits per heavy atom. The van der Waals surface area contributed by atoms with Gasteiger partial charge in [0.2, 0.25) is 0 Å². The van der Waals surface area contributed by atoms with Crippen LogP contribution in [0.1, 0.15) is 5.69 Å². The molecule has 0 fully saturated rings. The molecule has 1 aromatic heterocycles. The first kappa shape index (κ1) is 12.0. The molecule has 0 amide bonds. The van der Waals surface area contributed by atoms with E-state index in [9.17, 15) is 0 Å². The average molecular weight is 247 g/mol. The Bertz CT molecular complexity index is 479. The van der Waals surface area contributed by atoms with Gasteiger partial charge in [-0.05, 0) is 24.5 Å². The molecule has 0 bridgehead atoms. The Morgan fingerprint density at radius 3 is 2.82 bits per heavy atom. The van der Waals surface area contributed by atoms with Crippen molar-refractivity contribution < 1.29 is 0 Å². The van der Waals surface area contributed by atoms with Crippen LogP contribution in [0.15, 0.2) is 41.4 Å². The lowest BCUT2D eigenvalue weighted by molar-refractivity contribution is 0.711. The zero-order valence-corrected chi connectivity index (χ0v) is 11.0. The first-order valence-corrected chi connectivity index (χ1v) is 6.87. The number of aryl methyl sites for hydroxylation is 1. The predicted molar refractivity (Wildman–Crippen MR) is 73.6 cm³/mol. The Balaban J connectivity index is 1.92. The summed E-state index contributed by atoms with van der Waals surface area (Å²) in [7, 11) is 1.98. The van der Waals surface area contributed by atoms with Gasteiger partial charge in [0.15, 0.2) is 0 Å². The van der Waals surface area contributed by atoms with Crippen molar-refractivity contribution in [3.63, 3.8) is 0 Å². The van der Waals surface area contributed by atoms with Gasteiger partial charge >= 0.3 is 0 Å². The van der Waals surface area contributed by atoms with E-state index in [0.717, 1.165) is 13.0 Å². The second-order valence-corrected chi connectivity index (χ2v) is 4.67. The van der Waals surface area contributed by atoms with Gasteiger partial charge in [-0.2, -0.15) is 5.10 Å². The van der Waals surface area contributed by atoms with E-state index in [1.165, 1.54) is 16.3 Å². The summed E-state index contributed by atoms with van der Waals surface area (Å²) < 4.78 is 1.92. The molecule has 0 atom stereocenters. The quantitative estimate of drug-likeness (QED) is 0.824. The number of thioether (sulfide) groups is 1. The first-order valence-electron chi connectivity index (χ1n) is 5.65. The minimum Gasteiger partial charge on any atom is -0.384 e. The maximum Gasteiger partial charge on any atom is 0.0492 e. The molecule has 2 rings (SSSR count). The van der Waals surface area contributed by atoms with Crippen LogP contribution in [-0.4, -0.2) is 22.6 Å². The van der Waals surface area contributed by atoms with E-state index in [4.69, 9.17) is 0 Å². The van der Waals surface area contributed by atoms with Crippen LogP contribution in [0.25, 0.3) is 0 Å². The number of benzene rings is 1. The maximum absolute atomic E-state index is 4.16. The van der Waals surface area contributed by atoms with Gasteiger partial charge in [0.1, 0.15) is 0 Å². The second kappa shape index (κ2) is 5.77. The van der Waals surface area contributed by atoms with Gasteiger partial charge in [-0.1, -0.05) is 12.1 Å². The van der Waals surface area contributed by atoms with E-state index in [1.807, 2.05) is 17.9 Å². The molecule has 0 saturated heterocycles. The maximum atomic E-state index is 4.16. The molecule has 3 nitrogen and oxygen atoms in total. The molecule has 0 saturated carbocycles. The summed E-state index contributed by atoms with van der Waals surface area (Å²) in [4.78, 5) is 1.29. The van der Waals surface area contributed by atoms with E-state index < -0.39 is 0 Å². The lowest BCUT2D eigenvalue weighted by Crippen LogP contribution is -2.08. The third-order valence-corrected chi connectivity index (χ3v) is 3.52. The van der Waals surface area contributed by atoms with Crippen molar-refractivity contribution in [2.24, 2.45) is 7.05 Å². The predicted octanol–water partition coefficient (Wildman–Crippen LogP) is 2.80. The van der Waals surface area contributed by atoms with Crippen LogP contribution >= 0.6 is 11.8 Å². The lowest BCUT2D eigenvalue weighted by Gasteiger charge is -2.10. The number of para-hydroxylation sites is 1. The van der Waals surface area contributed by atoms with E-state index in [0.29, 0.717) is 0 Å². The first-order chi connectivity index (χ1) is 8.31. The highest BCUT2D eigenvalue weighted by molar-refractivity contribution is 7.98. The number of aromatic nitrogens is 2. The van der Waals surface area contributed by atoms with Crippen LogP contribution in [0.3, 0.4) is 0 Å². The highest BCUT2D eigenvalue weighted by atomic mass is 32.2. The summed E-state index contributed by atoms with van der Waals surface area (Å²) in [5.74, 6) is 0. The van der Waals surface area contributed by atoms with Crippen LogP contribution < -0.4 is 5.32 Å². The zero-order valence-electron chi connectivity index (χ0n) is 10.2. The van der Waals surface area contributed by atoms with E-state index in [1.54, 1.807) is 11.8 Å². The van der Waals surface area contributed by atoms with Crippen molar-refractivity contribution in [2.75, 3.05) is 18.1 Å². The molecule has 0 unspecified atom stereocenters. The molecule has 90 valence electrons. The molecule has 0 aliphatic heterocycles. The van der Waals surface area contributed by atoms with Gasteiger partial charge in [-0.3, -0.25) is 4.68 Å². The average Bonchev–Trinajstić information content (AvgIpc) is 2.76. The summed E-state index contributed by atoms with van der Waals surface area (Å²) in [5, 5.41) is 7.63. The molecule has 0 aliphatic rings. The minimum absolute atomic E-state index is 0.928. The lowest BCUT2D eigenvalue weighted by atomic mass is 10.3. The van der Waals surface area contributed by atoms with Gasteiger partial charge < -0.3 is 5.32 Å². The molecule has 1 aromatic carbocycles. The van der Waals surface area contributed by atoms with Crippen LogP contribution in [0, 0.1) is 0 Å². The fourth-order valence-corrected chi connectivity index (χ4v) is 2.34. The van der Waals surface area contributed by atoms with Gasteiger partial charge in [0.25, 0.3) is 0 Å². The molecular weight excluding hydrogens is 230 g/mol. The Hall–Kier alpha value is -1.42. The number of nitrogens with zero attached hydrogens (tertiary/aromatic N) is 2. The largest absolute Gasteiger partial charge is 0.384 e. The normalized spacial score (nSPS) is 10.5. The summed E-state index contributed by atoms with van der Waals surface area (Å²) in [5.41, 5.74) is 2.46. The van der Waals surface area contributed by atoms with Gasteiger partial charge in [0, 0.05) is 42.5 Å². The summed E-state index contributed by atoms with van der Waals surface area (Å²) in [6, 6.07) is 10.4. The topological polar surface area (TPSA) is 29.9 Å². The third-order valence-electron chi connectivity index (χ3n) is 2.73. The van der Waals surface area contributed by atoms with Crippen LogP contribution in [0.5, 0.6) is 0 Å². The fourth-order valence-electron chi connectivity index (χ4n) is 1.76. The van der Waals surface area contributed by atoms with E-state index in [2.05, 4.69) is 47.0 Å². The highest BCUT2D eigenvalue weighted by Crippen LogP contribution is 2.24. The molecule has 2 aromatic rings. The molecule has 0 radical (unpaired) electrons. The summed E-state index contributed by atoms with van der Waals surface area (Å²) >= 11 is 1.77. The highest BCUT2D eigenvalue weighted by Gasteiger charge is 2.01. The van der Waals surface area contributed by atoms with E-state index in [-0.39, 0.29) is 0 Å². The monoisotopic (exact) mass is 247 g/mol. The SMILES string of the molecule is CSc1ccccc1NCCc1ccnn1C. The molecule has 17 heavy (non-hydrogen) atoms. The van der Waals surface area contributed by atoms with E-state index >= 15 is 0 Å². The number of nitrogens with one attached hydrogen (secondary N) is 1. The molecule has 1 N–H and O–H groups in total. The van der Waals surface area contributed by atoms with Crippen LogP contribution in [0.4, 0.5) is 5.69 Å². The number of hydrogen-bond donors (Lipinski definition) is 1. The number of hydrogen-bond acceptors (Lipinski definition) is 3. The number of anilines is 1. The smallest absolute Gasteiger partial charge is 0.0492 e. The Labute approximate surface area is 106 Å². The molecule has 0 spiro atoms. The van der Waals surface area contributed by atoms with Crippen LogP contribution in [-0.2, 0) is 13.5 Å². The zero-order chi connectivity index (χ0) is 12.1. The summed E-state index contributed by atoms with van der Waals surface area (Å²) in [6.07, 6.45) is 4.92. The van der Waals surface area contributed by atoms with Crippen molar-refractivity contribution in [3.8, 4) is 0 Å². The minimum atomic E-state index is 0.928.